The molecule has 0 saturated carbocycles. The van der Waals surface area contributed by atoms with E-state index in [9.17, 15) is 18.4 Å². The standard InChI is InChI=1S/C25H28F2N2O5/c1-2-28(15-17-7-5-11-21-22(17)33-14-13-32-21)23(30)18-8-6-12-29(16-18)24(31)19-9-3-4-10-20(19)34-25(26)27/h3-5,7,9-11,18,25H,2,6,8,12-16H2,1H3. The van der Waals surface area contributed by atoms with E-state index >= 15 is 0 Å². The van der Waals surface area contributed by atoms with Crippen molar-refractivity contribution in [2.24, 2.45) is 5.92 Å². The first-order valence-corrected chi connectivity index (χ1v) is 11.5. The Kier molecular flexibility index (Phi) is 7.49. The van der Waals surface area contributed by atoms with Crippen LogP contribution in [0.25, 0.3) is 0 Å². The number of nitrogens with zero attached hydrogens (tertiary/aromatic N) is 2. The normalized spacial score (nSPS) is 17.4. The van der Waals surface area contributed by atoms with Crippen molar-refractivity contribution >= 4 is 11.8 Å². The Balaban J connectivity index is 1.46. The number of likely N-dealkylation sites (tertiary alicyclic amines) is 1. The number of rotatable bonds is 7. The molecule has 2 aliphatic heterocycles. The van der Waals surface area contributed by atoms with Crippen molar-refractivity contribution in [3.8, 4) is 17.2 Å². The van der Waals surface area contributed by atoms with E-state index < -0.39 is 12.5 Å². The van der Waals surface area contributed by atoms with Crippen molar-refractivity contribution in [2.45, 2.75) is 32.9 Å². The first kappa shape index (κ1) is 23.8. The number of amides is 2. The predicted octanol–water partition coefficient (Wildman–Crippen LogP) is 3.96. The van der Waals surface area contributed by atoms with E-state index in [1.54, 1.807) is 15.9 Å². The lowest BCUT2D eigenvalue weighted by molar-refractivity contribution is -0.137. The molecule has 2 amide bonds. The highest BCUT2D eigenvalue weighted by atomic mass is 19.3. The van der Waals surface area contributed by atoms with Gasteiger partial charge in [0, 0.05) is 31.7 Å². The zero-order chi connectivity index (χ0) is 24.1. The smallest absolute Gasteiger partial charge is 0.387 e. The van der Waals surface area contributed by atoms with Crippen LogP contribution in [-0.2, 0) is 11.3 Å². The summed E-state index contributed by atoms with van der Waals surface area (Å²) in [5, 5.41) is 0. The van der Waals surface area contributed by atoms with Crippen LogP contribution in [0.3, 0.4) is 0 Å². The van der Waals surface area contributed by atoms with Crippen LogP contribution in [0.5, 0.6) is 17.2 Å². The molecular weight excluding hydrogens is 446 g/mol. The van der Waals surface area contributed by atoms with Gasteiger partial charge in [-0.05, 0) is 38.0 Å². The molecule has 182 valence electrons. The second-order valence-electron chi connectivity index (χ2n) is 8.26. The molecule has 0 N–H and O–H groups in total. The second kappa shape index (κ2) is 10.7. The van der Waals surface area contributed by atoms with Gasteiger partial charge in [-0.2, -0.15) is 8.78 Å². The summed E-state index contributed by atoms with van der Waals surface area (Å²) in [7, 11) is 0. The molecule has 1 atom stereocenters. The summed E-state index contributed by atoms with van der Waals surface area (Å²) in [6.07, 6.45) is 1.30. The van der Waals surface area contributed by atoms with Crippen LogP contribution >= 0.6 is 0 Å². The van der Waals surface area contributed by atoms with Gasteiger partial charge in [-0.3, -0.25) is 9.59 Å². The average molecular weight is 475 g/mol. The van der Waals surface area contributed by atoms with Crippen LogP contribution in [0.15, 0.2) is 42.5 Å². The summed E-state index contributed by atoms with van der Waals surface area (Å²) < 4.78 is 41.5. The summed E-state index contributed by atoms with van der Waals surface area (Å²) in [6.45, 7) is 1.38. The van der Waals surface area contributed by atoms with Gasteiger partial charge in [-0.25, -0.2) is 0 Å². The summed E-state index contributed by atoms with van der Waals surface area (Å²) in [6, 6.07) is 11.6. The van der Waals surface area contributed by atoms with Crippen LogP contribution < -0.4 is 14.2 Å². The van der Waals surface area contributed by atoms with Crippen molar-refractivity contribution < 1.29 is 32.6 Å². The molecule has 2 heterocycles. The number of piperidine rings is 1. The number of carbonyl (C=O) groups is 2. The SMILES string of the molecule is CCN(Cc1cccc2c1OCCO2)C(=O)C1CCCN(C(=O)c2ccccc2OC(F)F)C1. The Hall–Kier alpha value is -3.36. The van der Waals surface area contributed by atoms with E-state index in [-0.39, 0.29) is 29.7 Å². The average Bonchev–Trinajstić information content (AvgIpc) is 2.86. The first-order chi connectivity index (χ1) is 16.5. The molecule has 0 radical (unpaired) electrons. The lowest BCUT2D eigenvalue weighted by Crippen LogP contribution is -2.46. The van der Waals surface area contributed by atoms with E-state index in [0.29, 0.717) is 57.2 Å². The highest BCUT2D eigenvalue weighted by molar-refractivity contribution is 5.97. The summed E-state index contributed by atoms with van der Waals surface area (Å²) >= 11 is 0. The quantitative estimate of drug-likeness (QED) is 0.608. The fourth-order valence-corrected chi connectivity index (χ4v) is 4.44. The molecule has 0 bridgehead atoms. The molecule has 0 aliphatic carbocycles. The monoisotopic (exact) mass is 474 g/mol. The Morgan fingerprint density at radius 2 is 1.94 bits per heavy atom. The number of fused-ring (bicyclic) bond motifs is 1. The fourth-order valence-electron chi connectivity index (χ4n) is 4.44. The lowest BCUT2D eigenvalue weighted by atomic mass is 9.95. The third-order valence-electron chi connectivity index (χ3n) is 6.09. The van der Waals surface area contributed by atoms with Gasteiger partial charge < -0.3 is 24.0 Å². The van der Waals surface area contributed by atoms with Crippen molar-refractivity contribution in [1.29, 1.82) is 0 Å². The minimum absolute atomic E-state index is 0.0496. The van der Waals surface area contributed by atoms with E-state index in [2.05, 4.69) is 4.74 Å². The molecule has 2 aromatic rings. The molecule has 1 saturated heterocycles. The topological polar surface area (TPSA) is 68.3 Å². The van der Waals surface area contributed by atoms with Gasteiger partial charge in [-0.15, -0.1) is 0 Å². The first-order valence-electron chi connectivity index (χ1n) is 11.5. The maximum atomic E-state index is 13.4. The molecule has 0 aromatic heterocycles. The van der Waals surface area contributed by atoms with Crippen molar-refractivity contribution in [3.63, 3.8) is 0 Å². The molecule has 2 aromatic carbocycles. The summed E-state index contributed by atoms with van der Waals surface area (Å²) in [5.74, 6) is 0.327. The van der Waals surface area contributed by atoms with Crippen molar-refractivity contribution in [1.82, 2.24) is 9.80 Å². The zero-order valence-electron chi connectivity index (χ0n) is 19.0. The minimum Gasteiger partial charge on any atom is -0.486 e. The van der Waals surface area contributed by atoms with Crippen LogP contribution in [-0.4, -0.2) is 61.1 Å². The number of ether oxygens (including phenoxy) is 3. The van der Waals surface area contributed by atoms with Gasteiger partial charge in [0.1, 0.15) is 19.0 Å². The molecule has 4 rings (SSSR count). The van der Waals surface area contributed by atoms with Crippen molar-refractivity contribution in [2.75, 3.05) is 32.8 Å². The molecule has 2 aliphatic rings. The molecule has 7 nitrogen and oxygen atoms in total. The summed E-state index contributed by atoms with van der Waals surface area (Å²) in [4.78, 5) is 29.8. The third kappa shape index (κ3) is 5.24. The van der Waals surface area contributed by atoms with Crippen molar-refractivity contribution in [3.05, 3.63) is 53.6 Å². The molecule has 34 heavy (non-hydrogen) atoms. The van der Waals surface area contributed by atoms with E-state index in [0.717, 1.165) is 5.56 Å². The maximum Gasteiger partial charge on any atom is 0.387 e. The molecule has 0 spiro atoms. The van der Waals surface area contributed by atoms with Gasteiger partial charge in [0.15, 0.2) is 11.5 Å². The van der Waals surface area contributed by atoms with E-state index in [4.69, 9.17) is 9.47 Å². The molecule has 1 fully saturated rings. The fraction of sp³-hybridized carbons (Fsp3) is 0.440. The highest BCUT2D eigenvalue weighted by Gasteiger charge is 2.33. The lowest BCUT2D eigenvalue weighted by Gasteiger charge is -2.35. The Labute approximate surface area is 197 Å². The van der Waals surface area contributed by atoms with Crippen LogP contribution in [0.1, 0.15) is 35.7 Å². The number of carbonyl (C=O) groups excluding carboxylic acids is 2. The molecule has 1 unspecified atom stereocenters. The Morgan fingerprint density at radius 3 is 2.74 bits per heavy atom. The van der Waals surface area contributed by atoms with Gasteiger partial charge >= 0.3 is 6.61 Å². The second-order valence-corrected chi connectivity index (χ2v) is 8.26. The zero-order valence-corrected chi connectivity index (χ0v) is 19.0. The molecular formula is C25H28F2N2O5. The van der Waals surface area contributed by atoms with Crippen LogP contribution in [0.2, 0.25) is 0 Å². The Morgan fingerprint density at radius 1 is 1.15 bits per heavy atom. The Bertz CT molecular complexity index is 1030. The van der Waals surface area contributed by atoms with E-state index in [1.165, 1.54) is 18.2 Å². The van der Waals surface area contributed by atoms with Gasteiger partial charge in [0.05, 0.1) is 11.5 Å². The highest BCUT2D eigenvalue weighted by Crippen LogP contribution is 2.35. The largest absolute Gasteiger partial charge is 0.486 e. The predicted molar refractivity (Wildman–Crippen MR) is 120 cm³/mol. The number of hydrogen-bond donors (Lipinski definition) is 0. The number of alkyl halides is 2. The maximum absolute atomic E-state index is 13.4. The van der Waals surface area contributed by atoms with Crippen LogP contribution in [0.4, 0.5) is 8.78 Å². The number of para-hydroxylation sites is 2. The molecule has 9 heteroatoms. The van der Waals surface area contributed by atoms with Gasteiger partial charge in [0.2, 0.25) is 5.91 Å². The summed E-state index contributed by atoms with van der Waals surface area (Å²) in [5.41, 5.74) is 0.936. The number of benzene rings is 2. The van der Waals surface area contributed by atoms with Crippen LogP contribution in [0, 0.1) is 5.92 Å². The number of halogens is 2. The van der Waals surface area contributed by atoms with Gasteiger partial charge in [-0.1, -0.05) is 24.3 Å². The van der Waals surface area contributed by atoms with Gasteiger partial charge in [0.25, 0.3) is 5.91 Å². The third-order valence-corrected chi connectivity index (χ3v) is 6.09. The number of hydrogen-bond acceptors (Lipinski definition) is 5. The van der Waals surface area contributed by atoms with E-state index in [1.807, 2.05) is 25.1 Å². The minimum atomic E-state index is -3.03.